The Morgan fingerprint density at radius 3 is 2.26 bits per heavy atom. The summed E-state index contributed by atoms with van der Waals surface area (Å²) in [7, 11) is 0. The van der Waals surface area contributed by atoms with E-state index in [1.165, 1.54) is 0 Å². The Balaban J connectivity index is 2.16. The molecule has 0 saturated heterocycles. The molecule has 0 saturated carbocycles. The minimum absolute atomic E-state index is 0.192. The highest BCUT2D eigenvalue weighted by molar-refractivity contribution is 5.27. The molecule has 1 aromatic carbocycles. The summed E-state index contributed by atoms with van der Waals surface area (Å²) < 4.78 is 28.2. The minimum Gasteiger partial charge on any atom is -0.435 e. The molecule has 0 aromatic heterocycles. The Bertz CT molecular complexity index is 342. The highest BCUT2D eigenvalue weighted by Gasteiger charge is 2.03. The van der Waals surface area contributed by atoms with Crippen LogP contribution in [0.25, 0.3) is 0 Å². The van der Waals surface area contributed by atoms with Crippen LogP contribution in [0.2, 0.25) is 0 Å². The first-order valence-electron chi connectivity index (χ1n) is 6.53. The van der Waals surface area contributed by atoms with Gasteiger partial charge in [0.25, 0.3) is 0 Å². The zero-order valence-electron chi connectivity index (χ0n) is 11.5. The van der Waals surface area contributed by atoms with Gasteiger partial charge in [-0.05, 0) is 30.2 Å². The van der Waals surface area contributed by atoms with E-state index in [1.54, 1.807) is 24.3 Å². The number of ether oxygens (including phenoxy) is 1. The lowest BCUT2D eigenvalue weighted by Crippen LogP contribution is -2.29. The number of alkyl halides is 2. The lowest BCUT2D eigenvalue weighted by molar-refractivity contribution is -0.0498. The van der Waals surface area contributed by atoms with Gasteiger partial charge in [0, 0.05) is 19.6 Å². The van der Waals surface area contributed by atoms with Gasteiger partial charge in [0.1, 0.15) is 5.75 Å². The van der Waals surface area contributed by atoms with Gasteiger partial charge in [-0.3, -0.25) is 0 Å². The Labute approximate surface area is 113 Å². The average Bonchev–Trinajstić information content (AvgIpc) is 2.34. The molecule has 19 heavy (non-hydrogen) atoms. The smallest absolute Gasteiger partial charge is 0.387 e. The maximum atomic E-state index is 12.0. The van der Waals surface area contributed by atoms with Gasteiger partial charge < -0.3 is 15.4 Å². The second-order valence-electron chi connectivity index (χ2n) is 4.80. The van der Waals surface area contributed by atoms with E-state index in [2.05, 4.69) is 29.2 Å². The SMILES string of the molecule is CC(C)CNCCNCc1ccc(OC(F)F)cc1. The summed E-state index contributed by atoms with van der Waals surface area (Å²) in [5.74, 6) is 0.847. The van der Waals surface area contributed by atoms with Crippen LogP contribution in [0.4, 0.5) is 8.78 Å². The van der Waals surface area contributed by atoms with Crippen LogP contribution in [0.3, 0.4) is 0 Å². The van der Waals surface area contributed by atoms with Crippen molar-refractivity contribution in [2.75, 3.05) is 19.6 Å². The van der Waals surface area contributed by atoms with Gasteiger partial charge in [-0.1, -0.05) is 26.0 Å². The monoisotopic (exact) mass is 272 g/mol. The lowest BCUT2D eigenvalue weighted by Gasteiger charge is -2.09. The molecule has 108 valence electrons. The van der Waals surface area contributed by atoms with Gasteiger partial charge in [0.15, 0.2) is 0 Å². The Hall–Kier alpha value is -1.20. The third-order valence-electron chi connectivity index (χ3n) is 2.51. The van der Waals surface area contributed by atoms with E-state index in [1.807, 2.05) is 0 Å². The summed E-state index contributed by atoms with van der Waals surface area (Å²) in [5.41, 5.74) is 1.05. The Kier molecular flexibility index (Phi) is 7.36. The zero-order valence-corrected chi connectivity index (χ0v) is 11.5. The molecule has 0 aliphatic rings. The van der Waals surface area contributed by atoms with Crippen LogP contribution < -0.4 is 15.4 Å². The molecule has 0 fully saturated rings. The highest BCUT2D eigenvalue weighted by Crippen LogP contribution is 2.14. The molecular weight excluding hydrogens is 250 g/mol. The van der Waals surface area contributed by atoms with Crippen LogP contribution in [-0.4, -0.2) is 26.2 Å². The molecule has 0 heterocycles. The molecule has 0 aliphatic carbocycles. The molecule has 0 bridgehead atoms. The van der Waals surface area contributed by atoms with Crippen LogP contribution in [0.15, 0.2) is 24.3 Å². The normalized spacial score (nSPS) is 11.3. The largest absolute Gasteiger partial charge is 0.435 e. The standard InChI is InChI=1S/C14H22F2N2O/c1-11(2)9-17-7-8-18-10-12-3-5-13(6-4-12)19-14(15)16/h3-6,11,14,17-18H,7-10H2,1-2H3. The zero-order chi connectivity index (χ0) is 14.1. The molecule has 2 N–H and O–H groups in total. The topological polar surface area (TPSA) is 33.3 Å². The van der Waals surface area contributed by atoms with E-state index >= 15 is 0 Å². The molecule has 0 unspecified atom stereocenters. The van der Waals surface area contributed by atoms with Gasteiger partial charge >= 0.3 is 6.61 Å². The number of benzene rings is 1. The molecular formula is C14H22F2N2O. The fourth-order valence-corrected chi connectivity index (χ4v) is 1.59. The van der Waals surface area contributed by atoms with Crippen molar-refractivity contribution >= 4 is 0 Å². The highest BCUT2D eigenvalue weighted by atomic mass is 19.3. The van der Waals surface area contributed by atoms with Crippen molar-refractivity contribution in [1.82, 2.24) is 10.6 Å². The van der Waals surface area contributed by atoms with Crippen molar-refractivity contribution < 1.29 is 13.5 Å². The maximum Gasteiger partial charge on any atom is 0.387 e. The summed E-state index contributed by atoms with van der Waals surface area (Å²) in [6, 6.07) is 6.68. The second-order valence-corrected chi connectivity index (χ2v) is 4.80. The lowest BCUT2D eigenvalue weighted by atomic mass is 10.2. The molecule has 5 heteroatoms. The van der Waals surface area contributed by atoms with Crippen molar-refractivity contribution in [3.63, 3.8) is 0 Å². The predicted octanol–water partition coefficient (Wildman–Crippen LogP) is 2.62. The van der Waals surface area contributed by atoms with E-state index < -0.39 is 6.61 Å². The van der Waals surface area contributed by atoms with Crippen LogP contribution in [0.5, 0.6) is 5.75 Å². The third kappa shape index (κ3) is 7.74. The fraction of sp³-hybridized carbons (Fsp3) is 0.571. The van der Waals surface area contributed by atoms with Gasteiger partial charge in [-0.2, -0.15) is 8.78 Å². The Morgan fingerprint density at radius 1 is 1.05 bits per heavy atom. The van der Waals surface area contributed by atoms with Crippen LogP contribution >= 0.6 is 0 Å². The van der Waals surface area contributed by atoms with Gasteiger partial charge in [0.05, 0.1) is 0 Å². The van der Waals surface area contributed by atoms with E-state index in [-0.39, 0.29) is 5.75 Å². The first-order chi connectivity index (χ1) is 9.08. The summed E-state index contributed by atoms with van der Waals surface area (Å²) in [5, 5.41) is 6.62. The number of hydrogen-bond donors (Lipinski definition) is 2. The van der Waals surface area contributed by atoms with Crippen molar-refractivity contribution in [1.29, 1.82) is 0 Å². The van der Waals surface area contributed by atoms with E-state index in [0.29, 0.717) is 5.92 Å². The van der Waals surface area contributed by atoms with Gasteiger partial charge in [-0.15, -0.1) is 0 Å². The van der Waals surface area contributed by atoms with Crippen molar-refractivity contribution in [3.8, 4) is 5.75 Å². The quantitative estimate of drug-likeness (QED) is 0.678. The molecule has 1 aromatic rings. The molecule has 0 aliphatic heterocycles. The number of hydrogen-bond acceptors (Lipinski definition) is 3. The first kappa shape index (κ1) is 15.9. The van der Waals surface area contributed by atoms with Gasteiger partial charge in [-0.25, -0.2) is 0 Å². The van der Waals surface area contributed by atoms with E-state index in [0.717, 1.165) is 31.7 Å². The fourth-order valence-electron chi connectivity index (χ4n) is 1.59. The molecule has 0 radical (unpaired) electrons. The summed E-state index contributed by atoms with van der Waals surface area (Å²) >= 11 is 0. The van der Waals surface area contributed by atoms with Crippen molar-refractivity contribution in [2.24, 2.45) is 5.92 Å². The molecule has 0 amide bonds. The second kappa shape index (κ2) is 8.82. The molecule has 0 atom stereocenters. The van der Waals surface area contributed by atoms with E-state index in [9.17, 15) is 8.78 Å². The van der Waals surface area contributed by atoms with Crippen molar-refractivity contribution in [3.05, 3.63) is 29.8 Å². The van der Waals surface area contributed by atoms with Crippen LogP contribution in [-0.2, 0) is 6.54 Å². The molecule has 3 nitrogen and oxygen atoms in total. The number of rotatable bonds is 9. The average molecular weight is 272 g/mol. The first-order valence-corrected chi connectivity index (χ1v) is 6.53. The molecule has 0 spiro atoms. The number of halogens is 2. The summed E-state index contributed by atoms with van der Waals surface area (Å²) in [4.78, 5) is 0. The third-order valence-corrected chi connectivity index (χ3v) is 2.51. The summed E-state index contributed by atoms with van der Waals surface area (Å²) in [6.07, 6.45) is 0. The van der Waals surface area contributed by atoms with Crippen molar-refractivity contribution in [2.45, 2.75) is 27.0 Å². The Morgan fingerprint density at radius 2 is 1.68 bits per heavy atom. The predicted molar refractivity (Wildman–Crippen MR) is 72.5 cm³/mol. The van der Waals surface area contributed by atoms with Crippen LogP contribution in [0, 0.1) is 5.92 Å². The minimum atomic E-state index is -2.77. The van der Waals surface area contributed by atoms with Gasteiger partial charge in [0.2, 0.25) is 0 Å². The van der Waals surface area contributed by atoms with Crippen LogP contribution in [0.1, 0.15) is 19.4 Å². The molecule has 1 rings (SSSR count). The van der Waals surface area contributed by atoms with E-state index in [4.69, 9.17) is 0 Å². The maximum absolute atomic E-state index is 12.0. The summed E-state index contributed by atoms with van der Waals surface area (Å²) in [6.45, 7) is 5.11. The number of nitrogens with one attached hydrogen (secondary N) is 2.